The molecule has 0 fully saturated rings. The maximum Gasteiger partial charge on any atom is 0.148 e. The van der Waals surface area contributed by atoms with Crippen molar-refractivity contribution in [3.8, 4) is 11.8 Å². The minimum Gasteiger partial charge on any atom is -0.486 e. The van der Waals surface area contributed by atoms with Gasteiger partial charge in [-0.25, -0.2) is 4.39 Å². The summed E-state index contributed by atoms with van der Waals surface area (Å²) in [5.41, 5.74) is 1.36. The Morgan fingerprint density at radius 3 is 2.38 bits per heavy atom. The fourth-order valence-corrected chi connectivity index (χ4v) is 3.24. The van der Waals surface area contributed by atoms with E-state index in [-0.39, 0.29) is 18.8 Å². The van der Waals surface area contributed by atoms with Crippen LogP contribution in [0.5, 0.6) is 5.75 Å². The third kappa shape index (κ3) is 3.82. The molecular weight excluding hydrogens is 405 g/mol. The van der Waals surface area contributed by atoms with Gasteiger partial charge in [0.05, 0.1) is 27.2 Å². The lowest BCUT2D eigenvalue weighted by Gasteiger charge is -2.12. The predicted molar refractivity (Wildman–Crippen MR) is 83.2 cm³/mol. The van der Waals surface area contributed by atoms with E-state index < -0.39 is 5.82 Å². The molecule has 2 aromatic rings. The quantitative estimate of drug-likeness (QED) is 0.811. The molecule has 1 N–H and O–H groups in total. The number of benzene rings is 2. The number of hydrogen-bond acceptors (Lipinski definition) is 3. The second-order valence-electron chi connectivity index (χ2n) is 4.25. The van der Waals surface area contributed by atoms with E-state index in [1.165, 1.54) is 12.1 Å². The molecule has 0 aromatic heterocycles. The summed E-state index contributed by atoms with van der Waals surface area (Å²) in [7, 11) is 0. The van der Waals surface area contributed by atoms with Gasteiger partial charge in [-0.15, -0.1) is 0 Å². The molecule has 0 aliphatic carbocycles. The summed E-state index contributed by atoms with van der Waals surface area (Å²) in [6, 6.07) is 9.59. The Balaban J connectivity index is 2.19. The van der Waals surface area contributed by atoms with Crippen molar-refractivity contribution in [1.82, 2.24) is 0 Å². The number of hydrogen-bond donors (Lipinski definition) is 1. The van der Waals surface area contributed by atoms with E-state index >= 15 is 0 Å². The summed E-state index contributed by atoms with van der Waals surface area (Å²) >= 11 is 6.70. The van der Waals surface area contributed by atoms with Crippen LogP contribution in [-0.2, 0) is 13.2 Å². The van der Waals surface area contributed by atoms with Gasteiger partial charge in [-0.1, -0.05) is 6.07 Å². The van der Waals surface area contributed by atoms with Crippen LogP contribution in [0.3, 0.4) is 0 Å². The van der Waals surface area contributed by atoms with Crippen LogP contribution in [0.1, 0.15) is 16.7 Å². The monoisotopic (exact) mass is 413 g/mol. The zero-order valence-corrected chi connectivity index (χ0v) is 13.9. The predicted octanol–water partition coefficient (Wildman–Crippen LogP) is 4.29. The van der Waals surface area contributed by atoms with Gasteiger partial charge in [0.15, 0.2) is 0 Å². The molecule has 0 amide bonds. The minimum atomic E-state index is -0.478. The van der Waals surface area contributed by atoms with E-state index in [9.17, 15) is 4.39 Å². The molecule has 21 heavy (non-hydrogen) atoms. The average molecular weight is 415 g/mol. The molecular formula is C15H10Br2FNO2. The molecule has 0 heterocycles. The van der Waals surface area contributed by atoms with Gasteiger partial charge >= 0.3 is 0 Å². The summed E-state index contributed by atoms with van der Waals surface area (Å²) in [5, 5.41) is 17.8. The van der Waals surface area contributed by atoms with Crippen LogP contribution in [0.25, 0.3) is 0 Å². The lowest BCUT2D eigenvalue weighted by atomic mass is 10.1. The van der Waals surface area contributed by atoms with Gasteiger partial charge < -0.3 is 9.84 Å². The largest absolute Gasteiger partial charge is 0.486 e. The summed E-state index contributed by atoms with van der Waals surface area (Å²) in [5.74, 6) is 0.0456. The van der Waals surface area contributed by atoms with Gasteiger partial charge in [0.2, 0.25) is 0 Å². The zero-order valence-electron chi connectivity index (χ0n) is 10.7. The number of nitrogens with zero attached hydrogens (tertiary/aromatic N) is 1. The van der Waals surface area contributed by atoms with Crippen molar-refractivity contribution in [2.45, 2.75) is 13.2 Å². The van der Waals surface area contributed by atoms with Crippen molar-refractivity contribution in [3.05, 3.63) is 61.8 Å². The highest BCUT2D eigenvalue weighted by Gasteiger charge is 2.11. The van der Waals surface area contributed by atoms with Crippen LogP contribution in [0.4, 0.5) is 4.39 Å². The summed E-state index contributed by atoms with van der Waals surface area (Å²) in [4.78, 5) is 0. The Morgan fingerprint density at radius 1 is 1.19 bits per heavy atom. The molecule has 6 heteroatoms. The second-order valence-corrected chi connectivity index (χ2v) is 5.96. The summed E-state index contributed by atoms with van der Waals surface area (Å²) in [6.45, 7) is -0.0467. The molecule has 0 spiro atoms. The molecule has 108 valence electrons. The molecule has 0 bridgehead atoms. The third-order valence-electron chi connectivity index (χ3n) is 2.79. The highest BCUT2D eigenvalue weighted by atomic mass is 79.9. The van der Waals surface area contributed by atoms with E-state index in [4.69, 9.17) is 15.1 Å². The summed E-state index contributed by atoms with van der Waals surface area (Å²) in [6.07, 6.45) is 0. The van der Waals surface area contributed by atoms with Gasteiger partial charge in [0, 0.05) is 5.56 Å². The van der Waals surface area contributed by atoms with E-state index in [1.54, 1.807) is 18.2 Å². The number of aliphatic hydroxyl groups excluding tert-OH is 1. The summed E-state index contributed by atoms with van der Waals surface area (Å²) < 4.78 is 20.7. The molecule has 0 aliphatic heterocycles. The van der Waals surface area contributed by atoms with Crippen molar-refractivity contribution < 1.29 is 14.2 Å². The number of halogens is 3. The first-order chi connectivity index (χ1) is 10.0. The molecule has 0 unspecified atom stereocenters. The van der Waals surface area contributed by atoms with Crippen LogP contribution >= 0.6 is 31.9 Å². The Kier molecular flexibility index (Phi) is 5.34. The number of aliphatic hydroxyl groups is 1. The van der Waals surface area contributed by atoms with Crippen LogP contribution in [0, 0.1) is 17.1 Å². The zero-order chi connectivity index (χ0) is 15.4. The van der Waals surface area contributed by atoms with E-state index in [2.05, 4.69) is 31.9 Å². The van der Waals surface area contributed by atoms with Crippen molar-refractivity contribution in [1.29, 1.82) is 5.26 Å². The standard InChI is InChI=1S/C15H10Br2FNO2/c16-12-3-10(7-20)4-13(17)15(12)21-8-11-2-1-9(6-19)5-14(11)18/h1-5,20H,7-8H2. The number of rotatable bonds is 4. The Morgan fingerprint density at radius 2 is 1.86 bits per heavy atom. The van der Waals surface area contributed by atoms with Crippen LogP contribution < -0.4 is 4.74 Å². The molecule has 2 aromatic carbocycles. The molecule has 0 radical (unpaired) electrons. The molecule has 3 nitrogen and oxygen atoms in total. The van der Waals surface area contributed by atoms with Crippen LogP contribution in [0.15, 0.2) is 39.3 Å². The maximum atomic E-state index is 13.8. The number of ether oxygens (including phenoxy) is 1. The third-order valence-corrected chi connectivity index (χ3v) is 3.97. The molecule has 0 saturated heterocycles. The van der Waals surface area contributed by atoms with Gasteiger partial charge in [-0.3, -0.25) is 0 Å². The van der Waals surface area contributed by atoms with Gasteiger partial charge in [0.1, 0.15) is 18.2 Å². The van der Waals surface area contributed by atoms with E-state index in [1.807, 2.05) is 6.07 Å². The highest BCUT2D eigenvalue weighted by molar-refractivity contribution is 9.11. The van der Waals surface area contributed by atoms with Gasteiger partial charge in [-0.05, 0) is 61.7 Å². The number of nitriles is 1. The van der Waals surface area contributed by atoms with Crippen molar-refractivity contribution in [2.24, 2.45) is 0 Å². The van der Waals surface area contributed by atoms with Crippen molar-refractivity contribution >= 4 is 31.9 Å². The van der Waals surface area contributed by atoms with Crippen LogP contribution in [0.2, 0.25) is 0 Å². The average Bonchev–Trinajstić information content (AvgIpc) is 2.47. The van der Waals surface area contributed by atoms with Gasteiger partial charge in [-0.2, -0.15) is 5.26 Å². The molecule has 0 saturated carbocycles. The normalized spacial score (nSPS) is 10.2. The first-order valence-electron chi connectivity index (χ1n) is 5.95. The Labute approximate surface area is 138 Å². The lowest BCUT2D eigenvalue weighted by Crippen LogP contribution is -2.00. The molecule has 2 rings (SSSR count). The van der Waals surface area contributed by atoms with Crippen molar-refractivity contribution in [3.63, 3.8) is 0 Å². The molecule has 0 aliphatic rings. The van der Waals surface area contributed by atoms with Crippen LogP contribution in [-0.4, -0.2) is 5.11 Å². The highest BCUT2D eigenvalue weighted by Crippen LogP contribution is 2.35. The smallest absolute Gasteiger partial charge is 0.148 e. The van der Waals surface area contributed by atoms with Crippen molar-refractivity contribution in [2.75, 3.05) is 0 Å². The van der Waals surface area contributed by atoms with E-state index in [0.717, 1.165) is 5.56 Å². The Hall–Kier alpha value is -1.42. The molecule has 0 atom stereocenters. The first-order valence-corrected chi connectivity index (χ1v) is 7.54. The fourth-order valence-electron chi connectivity index (χ4n) is 1.73. The van der Waals surface area contributed by atoms with E-state index in [0.29, 0.717) is 20.3 Å². The SMILES string of the molecule is N#Cc1ccc(COc2c(Br)cc(CO)cc2Br)c(F)c1. The minimum absolute atomic E-state index is 0.0349. The lowest BCUT2D eigenvalue weighted by molar-refractivity contribution is 0.279. The fraction of sp³-hybridized carbons (Fsp3) is 0.133. The Bertz CT molecular complexity index is 690. The van der Waals surface area contributed by atoms with Gasteiger partial charge in [0.25, 0.3) is 0 Å². The topological polar surface area (TPSA) is 53.2 Å². The first kappa shape index (κ1) is 16.0. The second kappa shape index (κ2) is 7.03. The maximum absolute atomic E-state index is 13.8.